The molecule has 0 spiro atoms. The van der Waals surface area contributed by atoms with Gasteiger partial charge in [0, 0.05) is 6.04 Å². The molecule has 80 valence electrons. The Morgan fingerprint density at radius 2 is 1.85 bits per heavy atom. The van der Waals surface area contributed by atoms with E-state index in [1.807, 2.05) is 0 Å². The van der Waals surface area contributed by atoms with Crippen LogP contribution >= 0.6 is 0 Å². The average Bonchev–Trinajstić information content (AvgIpc) is 2.10. The van der Waals surface area contributed by atoms with Gasteiger partial charge in [0.15, 0.2) is 0 Å². The van der Waals surface area contributed by atoms with Gasteiger partial charge in [-0.1, -0.05) is 20.8 Å². The molecule has 2 nitrogen and oxygen atoms in total. The molecule has 0 saturated carbocycles. The number of nitrogens with one attached hydrogen (secondary N) is 1. The molecule has 1 N–H and O–H groups in total. The topological polar surface area (TPSA) is 15.3 Å². The van der Waals surface area contributed by atoms with Gasteiger partial charge in [0.05, 0.1) is 0 Å². The van der Waals surface area contributed by atoms with Gasteiger partial charge >= 0.3 is 0 Å². The summed E-state index contributed by atoms with van der Waals surface area (Å²) in [5.74, 6) is 0.754. The monoisotopic (exact) mass is 186 g/mol. The first kappa shape index (κ1) is 12.9. The van der Waals surface area contributed by atoms with E-state index >= 15 is 0 Å². The molecule has 0 saturated heterocycles. The van der Waals surface area contributed by atoms with Gasteiger partial charge in [-0.25, -0.2) is 0 Å². The summed E-state index contributed by atoms with van der Waals surface area (Å²) >= 11 is 0. The second-order valence-corrected chi connectivity index (χ2v) is 4.17. The molecule has 0 aliphatic carbocycles. The van der Waals surface area contributed by atoms with Crippen LogP contribution < -0.4 is 5.32 Å². The number of nitrogens with zero attached hydrogens (tertiary/aromatic N) is 1. The molecule has 0 heterocycles. The molecule has 0 aromatic heterocycles. The third-order valence-corrected chi connectivity index (χ3v) is 2.77. The molecular formula is C11H26N2. The number of hydrogen-bond acceptors (Lipinski definition) is 2. The van der Waals surface area contributed by atoms with Crippen molar-refractivity contribution in [3.05, 3.63) is 0 Å². The quantitative estimate of drug-likeness (QED) is 0.612. The molecule has 1 unspecified atom stereocenters. The average molecular weight is 186 g/mol. The smallest absolute Gasteiger partial charge is 0.00868 e. The van der Waals surface area contributed by atoms with E-state index in [1.54, 1.807) is 0 Å². The largest absolute Gasteiger partial charge is 0.317 e. The van der Waals surface area contributed by atoms with Crippen LogP contribution in [-0.2, 0) is 0 Å². The fourth-order valence-corrected chi connectivity index (χ4v) is 1.34. The zero-order valence-electron chi connectivity index (χ0n) is 9.93. The highest BCUT2D eigenvalue weighted by atomic mass is 15.1. The van der Waals surface area contributed by atoms with Crippen molar-refractivity contribution >= 4 is 0 Å². The molecule has 0 radical (unpaired) electrons. The van der Waals surface area contributed by atoms with E-state index in [0.717, 1.165) is 19.0 Å². The lowest BCUT2D eigenvalue weighted by atomic mass is 10.1. The standard InChI is InChI=1S/C11H26N2/c1-6-12-8-7-9-13(5)11(4)10(2)3/h10-12H,6-9H2,1-5H3. The minimum Gasteiger partial charge on any atom is -0.317 e. The number of rotatable bonds is 7. The van der Waals surface area contributed by atoms with Crippen LogP contribution in [0.5, 0.6) is 0 Å². The maximum atomic E-state index is 3.35. The third-order valence-electron chi connectivity index (χ3n) is 2.77. The molecule has 0 fully saturated rings. The van der Waals surface area contributed by atoms with Crippen molar-refractivity contribution in [2.45, 2.75) is 40.2 Å². The van der Waals surface area contributed by atoms with Crippen molar-refractivity contribution < 1.29 is 0 Å². The fraction of sp³-hybridized carbons (Fsp3) is 1.00. The molecule has 0 amide bonds. The zero-order valence-corrected chi connectivity index (χ0v) is 9.93. The lowest BCUT2D eigenvalue weighted by Gasteiger charge is -2.27. The first-order valence-corrected chi connectivity index (χ1v) is 5.50. The van der Waals surface area contributed by atoms with E-state index in [9.17, 15) is 0 Å². The van der Waals surface area contributed by atoms with Crippen LogP contribution in [0.2, 0.25) is 0 Å². The van der Waals surface area contributed by atoms with Crippen molar-refractivity contribution in [3.63, 3.8) is 0 Å². The van der Waals surface area contributed by atoms with Crippen molar-refractivity contribution in [3.8, 4) is 0 Å². The van der Waals surface area contributed by atoms with Gasteiger partial charge in [-0.2, -0.15) is 0 Å². The summed E-state index contributed by atoms with van der Waals surface area (Å²) in [5, 5.41) is 3.35. The van der Waals surface area contributed by atoms with Gasteiger partial charge < -0.3 is 10.2 Å². The lowest BCUT2D eigenvalue weighted by molar-refractivity contribution is 0.206. The van der Waals surface area contributed by atoms with E-state index in [0.29, 0.717) is 6.04 Å². The molecule has 0 aliphatic heterocycles. The Labute approximate surface area is 83.7 Å². The summed E-state index contributed by atoms with van der Waals surface area (Å²) in [6.07, 6.45) is 1.25. The SMILES string of the molecule is CCNCCCN(C)C(C)C(C)C. The van der Waals surface area contributed by atoms with E-state index in [2.05, 4.69) is 45.0 Å². The van der Waals surface area contributed by atoms with Crippen LogP contribution in [-0.4, -0.2) is 37.6 Å². The van der Waals surface area contributed by atoms with Crippen LogP contribution in [0.25, 0.3) is 0 Å². The Bertz CT molecular complexity index is 113. The second-order valence-electron chi connectivity index (χ2n) is 4.17. The highest BCUT2D eigenvalue weighted by Gasteiger charge is 2.11. The summed E-state index contributed by atoms with van der Waals surface area (Å²) in [5.41, 5.74) is 0. The maximum absolute atomic E-state index is 3.35. The highest BCUT2D eigenvalue weighted by Crippen LogP contribution is 2.07. The molecule has 2 heteroatoms. The first-order chi connectivity index (χ1) is 6.09. The van der Waals surface area contributed by atoms with E-state index in [4.69, 9.17) is 0 Å². The predicted octanol–water partition coefficient (Wildman–Crippen LogP) is 1.96. The van der Waals surface area contributed by atoms with Crippen LogP contribution in [0.3, 0.4) is 0 Å². The molecule has 0 aliphatic rings. The van der Waals surface area contributed by atoms with Crippen molar-refractivity contribution in [2.24, 2.45) is 5.92 Å². The van der Waals surface area contributed by atoms with Gasteiger partial charge in [0.2, 0.25) is 0 Å². The maximum Gasteiger partial charge on any atom is 0.00868 e. The Kier molecular flexibility index (Phi) is 7.29. The normalized spacial score (nSPS) is 14.1. The van der Waals surface area contributed by atoms with Crippen molar-refractivity contribution in [1.29, 1.82) is 0 Å². The molecule has 13 heavy (non-hydrogen) atoms. The van der Waals surface area contributed by atoms with Crippen LogP contribution in [0.1, 0.15) is 34.1 Å². The van der Waals surface area contributed by atoms with Gasteiger partial charge in [-0.3, -0.25) is 0 Å². The Morgan fingerprint density at radius 3 is 2.31 bits per heavy atom. The molecule has 0 aromatic rings. The minimum absolute atomic E-state index is 0.696. The third kappa shape index (κ3) is 6.05. The Morgan fingerprint density at radius 1 is 1.23 bits per heavy atom. The van der Waals surface area contributed by atoms with E-state index in [-0.39, 0.29) is 0 Å². The minimum atomic E-state index is 0.696. The Hall–Kier alpha value is -0.0800. The van der Waals surface area contributed by atoms with Crippen LogP contribution in [0.15, 0.2) is 0 Å². The summed E-state index contributed by atoms with van der Waals surface area (Å²) in [6, 6.07) is 0.696. The van der Waals surface area contributed by atoms with Crippen LogP contribution in [0.4, 0.5) is 0 Å². The lowest BCUT2D eigenvalue weighted by Crippen LogP contribution is -2.35. The predicted molar refractivity (Wildman–Crippen MR) is 60.1 cm³/mol. The summed E-state index contributed by atoms with van der Waals surface area (Å²) in [4.78, 5) is 2.45. The van der Waals surface area contributed by atoms with Gasteiger partial charge in [0.1, 0.15) is 0 Å². The van der Waals surface area contributed by atoms with Crippen molar-refractivity contribution in [2.75, 3.05) is 26.7 Å². The van der Waals surface area contributed by atoms with Gasteiger partial charge in [-0.15, -0.1) is 0 Å². The second kappa shape index (κ2) is 7.34. The zero-order chi connectivity index (χ0) is 10.3. The van der Waals surface area contributed by atoms with Gasteiger partial charge in [0.25, 0.3) is 0 Å². The van der Waals surface area contributed by atoms with E-state index < -0.39 is 0 Å². The molecule has 1 atom stereocenters. The number of hydrogen-bond donors (Lipinski definition) is 1. The summed E-state index contributed by atoms with van der Waals surface area (Å²) in [6.45, 7) is 12.5. The highest BCUT2D eigenvalue weighted by molar-refractivity contribution is 4.66. The van der Waals surface area contributed by atoms with Gasteiger partial charge in [-0.05, 0) is 45.9 Å². The molecule has 0 bridgehead atoms. The summed E-state index contributed by atoms with van der Waals surface area (Å²) < 4.78 is 0. The molecular weight excluding hydrogens is 160 g/mol. The fourth-order valence-electron chi connectivity index (χ4n) is 1.34. The van der Waals surface area contributed by atoms with Crippen LogP contribution in [0, 0.1) is 5.92 Å². The first-order valence-electron chi connectivity index (χ1n) is 5.50. The summed E-state index contributed by atoms with van der Waals surface area (Å²) in [7, 11) is 2.22. The molecule has 0 rings (SSSR count). The van der Waals surface area contributed by atoms with E-state index in [1.165, 1.54) is 13.0 Å². The Balaban J connectivity index is 3.44. The van der Waals surface area contributed by atoms with Crippen molar-refractivity contribution in [1.82, 2.24) is 10.2 Å². The molecule has 0 aromatic carbocycles.